The summed E-state index contributed by atoms with van der Waals surface area (Å²) in [6, 6.07) is 6.70. The van der Waals surface area contributed by atoms with Crippen LogP contribution in [-0.4, -0.2) is 14.3 Å². The maximum Gasteiger partial charge on any atom is 0.431 e. The smallest absolute Gasteiger partial charge is 0.301 e. The van der Waals surface area contributed by atoms with Crippen LogP contribution in [0.4, 0.5) is 13.2 Å². The second-order valence-corrected chi connectivity index (χ2v) is 4.88. The van der Waals surface area contributed by atoms with E-state index in [0.717, 1.165) is 4.68 Å². The maximum atomic E-state index is 12.6. The molecule has 2 heterocycles. The highest BCUT2D eigenvalue weighted by Gasteiger charge is 2.33. The minimum atomic E-state index is -4.81. The van der Waals surface area contributed by atoms with Crippen molar-refractivity contribution in [2.45, 2.75) is 6.18 Å². The lowest BCUT2D eigenvalue weighted by Gasteiger charge is -2.10. The van der Waals surface area contributed by atoms with Gasteiger partial charge in [0.2, 0.25) is 0 Å². The third-order valence-corrected chi connectivity index (χ3v) is 3.42. The van der Waals surface area contributed by atoms with Crippen LogP contribution in [0.3, 0.4) is 0 Å². The van der Waals surface area contributed by atoms with Gasteiger partial charge in [0, 0.05) is 17.6 Å². The summed E-state index contributed by atoms with van der Waals surface area (Å²) in [5.74, 6) is 0. The second kappa shape index (κ2) is 4.77. The lowest BCUT2D eigenvalue weighted by atomic mass is 10.2. The second-order valence-electron chi connectivity index (χ2n) is 4.47. The van der Waals surface area contributed by atoms with Crippen molar-refractivity contribution < 1.29 is 13.2 Å². The molecule has 3 aromatic rings. The number of aromatic nitrogens is 3. The minimum absolute atomic E-state index is 0.331. The number of rotatable bonds is 1. The number of benzene rings is 1. The van der Waals surface area contributed by atoms with Crippen molar-refractivity contribution in [1.29, 1.82) is 0 Å². The van der Waals surface area contributed by atoms with Crippen LogP contribution in [0.15, 0.2) is 46.1 Å². The molecule has 0 bridgehead atoms. The highest BCUT2D eigenvalue weighted by Crippen LogP contribution is 2.26. The molecule has 22 heavy (non-hydrogen) atoms. The number of halogens is 4. The molecule has 0 aliphatic carbocycles. The number of aromatic amines is 1. The number of fused-ring (bicyclic) bond motifs is 1. The van der Waals surface area contributed by atoms with E-state index in [1.807, 2.05) is 0 Å². The third kappa shape index (κ3) is 2.21. The summed E-state index contributed by atoms with van der Waals surface area (Å²) in [6.45, 7) is 0. The molecule has 0 aliphatic rings. The molecule has 0 atom stereocenters. The number of hydrogen-bond donors (Lipinski definition) is 1. The molecule has 3 rings (SSSR count). The zero-order valence-corrected chi connectivity index (χ0v) is 11.4. The first-order valence-corrected chi connectivity index (χ1v) is 6.36. The number of alkyl halides is 3. The SMILES string of the molecule is O=c1cc(C(F)(F)F)[nH]c(=O)n1-n1ccc2c(Cl)cccc21. The van der Waals surface area contributed by atoms with Crippen LogP contribution in [0.25, 0.3) is 10.9 Å². The van der Waals surface area contributed by atoms with E-state index in [1.54, 1.807) is 29.2 Å². The Balaban J connectivity index is 2.31. The summed E-state index contributed by atoms with van der Waals surface area (Å²) in [6.07, 6.45) is -3.43. The molecule has 0 amide bonds. The first-order chi connectivity index (χ1) is 10.3. The molecular formula is C13H7ClF3N3O2. The lowest BCUT2D eigenvalue weighted by Crippen LogP contribution is -2.40. The van der Waals surface area contributed by atoms with Gasteiger partial charge in [-0.3, -0.25) is 4.79 Å². The quantitative estimate of drug-likeness (QED) is 0.745. The first-order valence-electron chi connectivity index (χ1n) is 5.99. The van der Waals surface area contributed by atoms with Crippen molar-refractivity contribution in [3.63, 3.8) is 0 Å². The van der Waals surface area contributed by atoms with Crippen LogP contribution in [0.5, 0.6) is 0 Å². The molecule has 9 heteroatoms. The molecule has 5 nitrogen and oxygen atoms in total. The topological polar surface area (TPSA) is 59.8 Å². The molecular weight excluding hydrogens is 323 g/mol. The van der Waals surface area contributed by atoms with Crippen LogP contribution < -0.4 is 11.2 Å². The maximum absolute atomic E-state index is 12.6. The molecule has 1 N–H and O–H groups in total. The Morgan fingerprint density at radius 2 is 1.86 bits per heavy atom. The van der Waals surface area contributed by atoms with E-state index in [4.69, 9.17) is 11.6 Å². The van der Waals surface area contributed by atoms with E-state index in [1.165, 1.54) is 6.20 Å². The van der Waals surface area contributed by atoms with Gasteiger partial charge in [-0.1, -0.05) is 17.7 Å². The summed E-state index contributed by atoms with van der Waals surface area (Å²) in [5.41, 5.74) is -3.28. The largest absolute Gasteiger partial charge is 0.431 e. The number of H-pyrrole nitrogens is 1. The van der Waals surface area contributed by atoms with Crippen molar-refractivity contribution in [3.8, 4) is 0 Å². The molecule has 0 fully saturated rings. The van der Waals surface area contributed by atoms with Crippen molar-refractivity contribution in [2.24, 2.45) is 0 Å². The standard InChI is InChI=1S/C13H7ClF3N3O2/c14-8-2-1-3-9-7(8)4-5-19(9)20-11(21)6-10(13(15,16)17)18-12(20)22/h1-6H,(H,18,22). The van der Waals surface area contributed by atoms with Crippen LogP contribution in [-0.2, 0) is 6.18 Å². The van der Waals surface area contributed by atoms with Crippen LogP contribution in [0, 0.1) is 0 Å². The fourth-order valence-corrected chi connectivity index (χ4v) is 2.37. The zero-order valence-electron chi connectivity index (χ0n) is 10.7. The number of nitrogens with one attached hydrogen (secondary N) is 1. The van der Waals surface area contributed by atoms with E-state index in [2.05, 4.69) is 0 Å². The summed E-state index contributed by atoms with van der Waals surface area (Å²) < 4.78 is 39.5. The van der Waals surface area contributed by atoms with E-state index in [0.29, 0.717) is 26.7 Å². The predicted octanol–water partition coefficient (Wildman–Crippen LogP) is 2.47. The molecule has 2 aromatic heterocycles. The fourth-order valence-electron chi connectivity index (χ4n) is 2.14. The monoisotopic (exact) mass is 329 g/mol. The van der Waals surface area contributed by atoms with E-state index >= 15 is 0 Å². The number of hydrogen-bond acceptors (Lipinski definition) is 2. The van der Waals surface area contributed by atoms with Crippen molar-refractivity contribution in [1.82, 2.24) is 14.3 Å². The summed E-state index contributed by atoms with van der Waals surface area (Å²) in [7, 11) is 0. The fraction of sp³-hybridized carbons (Fsp3) is 0.0769. The van der Waals surface area contributed by atoms with Crippen LogP contribution >= 0.6 is 11.6 Å². The van der Waals surface area contributed by atoms with Crippen LogP contribution in [0.1, 0.15) is 5.69 Å². The van der Waals surface area contributed by atoms with Gasteiger partial charge in [0.05, 0.1) is 10.5 Å². The van der Waals surface area contributed by atoms with Gasteiger partial charge in [0.1, 0.15) is 5.69 Å². The Bertz CT molecular complexity index is 953. The van der Waals surface area contributed by atoms with Gasteiger partial charge in [-0.15, -0.1) is 0 Å². The van der Waals surface area contributed by atoms with Gasteiger partial charge in [-0.05, 0) is 18.2 Å². The molecule has 0 saturated carbocycles. The normalized spacial score (nSPS) is 12.0. The summed E-state index contributed by atoms with van der Waals surface area (Å²) in [5, 5.41) is 0.961. The lowest BCUT2D eigenvalue weighted by molar-refractivity contribution is -0.141. The molecule has 0 unspecified atom stereocenters. The molecule has 114 valence electrons. The number of nitrogens with zero attached hydrogens (tertiary/aromatic N) is 2. The zero-order chi connectivity index (χ0) is 16.1. The third-order valence-electron chi connectivity index (χ3n) is 3.09. The average Bonchev–Trinajstić information content (AvgIpc) is 2.82. The Hall–Kier alpha value is -2.48. The highest BCUT2D eigenvalue weighted by molar-refractivity contribution is 6.35. The van der Waals surface area contributed by atoms with Gasteiger partial charge in [-0.25, -0.2) is 9.47 Å². The molecule has 0 radical (unpaired) electrons. The van der Waals surface area contributed by atoms with E-state index < -0.39 is 23.1 Å². The molecule has 1 aromatic carbocycles. The Morgan fingerprint density at radius 1 is 1.14 bits per heavy atom. The summed E-state index contributed by atoms with van der Waals surface area (Å²) >= 11 is 5.99. The highest BCUT2D eigenvalue weighted by atomic mass is 35.5. The summed E-state index contributed by atoms with van der Waals surface area (Å²) in [4.78, 5) is 25.5. The van der Waals surface area contributed by atoms with Crippen molar-refractivity contribution in [2.75, 3.05) is 0 Å². The average molecular weight is 330 g/mol. The van der Waals surface area contributed by atoms with Gasteiger partial charge in [0.25, 0.3) is 5.56 Å². The first kappa shape index (κ1) is 14.5. The van der Waals surface area contributed by atoms with Crippen molar-refractivity contribution >= 4 is 22.5 Å². The minimum Gasteiger partial charge on any atom is -0.301 e. The van der Waals surface area contributed by atoms with Crippen molar-refractivity contribution in [3.05, 3.63) is 68.1 Å². The van der Waals surface area contributed by atoms with Gasteiger partial charge < -0.3 is 4.98 Å². The van der Waals surface area contributed by atoms with Gasteiger partial charge in [0.15, 0.2) is 0 Å². The Labute approximate surface area is 125 Å². The molecule has 0 spiro atoms. The molecule has 0 aliphatic heterocycles. The Morgan fingerprint density at radius 3 is 2.50 bits per heavy atom. The Kier molecular flexibility index (Phi) is 3.13. The molecule has 0 saturated heterocycles. The van der Waals surface area contributed by atoms with Crippen LogP contribution in [0.2, 0.25) is 5.02 Å². The van der Waals surface area contributed by atoms with Gasteiger partial charge >= 0.3 is 11.9 Å². The van der Waals surface area contributed by atoms with Gasteiger partial charge in [-0.2, -0.15) is 17.8 Å². The predicted molar refractivity (Wildman–Crippen MR) is 74.1 cm³/mol. The van der Waals surface area contributed by atoms with E-state index in [9.17, 15) is 22.8 Å². The van der Waals surface area contributed by atoms with E-state index in [-0.39, 0.29) is 0 Å².